The minimum atomic E-state index is -0.488. The Bertz CT molecular complexity index is 648. The Kier molecular flexibility index (Phi) is 4.42. The highest BCUT2D eigenvalue weighted by Crippen LogP contribution is 2.19. The number of nitrogens with one attached hydrogen (secondary N) is 1. The summed E-state index contributed by atoms with van der Waals surface area (Å²) in [5.74, 6) is -0.184. The van der Waals surface area contributed by atoms with Gasteiger partial charge in [-0.1, -0.05) is 18.2 Å². The molecule has 1 amide bonds. The lowest BCUT2D eigenvalue weighted by atomic mass is 10.1. The molecule has 0 heterocycles. The number of methoxy groups -OCH3 is 1. The first kappa shape index (κ1) is 14.8. The summed E-state index contributed by atoms with van der Waals surface area (Å²) in [6.07, 6.45) is 0. The third-order valence-electron chi connectivity index (χ3n) is 3.28. The number of anilines is 1. The number of hydrogen-bond acceptors (Lipinski definition) is 3. The van der Waals surface area contributed by atoms with Crippen LogP contribution in [0.2, 0.25) is 0 Å². The number of carbonyl (C=O) groups is 1. The SMILES string of the molecule is COc1ccccc1CNC(=O)c1cc(N)c(C)c(F)c1. The Balaban J connectivity index is 2.12. The number of hydrogen-bond donors (Lipinski definition) is 2. The second kappa shape index (κ2) is 6.26. The van der Waals surface area contributed by atoms with Gasteiger partial charge in [-0.3, -0.25) is 4.79 Å². The van der Waals surface area contributed by atoms with E-state index in [0.29, 0.717) is 11.3 Å². The fraction of sp³-hybridized carbons (Fsp3) is 0.188. The van der Waals surface area contributed by atoms with E-state index in [-0.39, 0.29) is 23.7 Å². The van der Waals surface area contributed by atoms with Crippen LogP contribution in [0.4, 0.5) is 10.1 Å². The third kappa shape index (κ3) is 3.31. The van der Waals surface area contributed by atoms with E-state index in [0.717, 1.165) is 5.56 Å². The molecule has 4 nitrogen and oxygen atoms in total. The summed E-state index contributed by atoms with van der Waals surface area (Å²) in [5.41, 5.74) is 7.32. The van der Waals surface area contributed by atoms with Gasteiger partial charge in [0.05, 0.1) is 7.11 Å². The van der Waals surface area contributed by atoms with Crippen molar-refractivity contribution >= 4 is 11.6 Å². The molecule has 0 aromatic heterocycles. The van der Waals surface area contributed by atoms with Crippen molar-refractivity contribution in [1.29, 1.82) is 0 Å². The Labute approximate surface area is 122 Å². The summed E-state index contributed by atoms with van der Waals surface area (Å²) in [7, 11) is 1.57. The quantitative estimate of drug-likeness (QED) is 0.850. The van der Waals surface area contributed by atoms with Gasteiger partial charge >= 0.3 is 0 Å². The van der Waals surface area contributed by atoms with Crippen LogP contribution in [0.1, 0.15) is 21.5 Å². The Morgan fingerprint density at radius 3 is 2.71 bits per heavy atom. The molecule has 110 valence electrons. The van der Waals surface area contributed by atoms with Crippen LogP contribution in [0.5, 0.6) is 5.75 Å². The lowest BCUT2D eigenvalue weighted by Crippen LogP contribution is -2.23. The zero-order chi connectivity index (χ0) is 15.4. The average Bonchev–Trinajstić information content (AvgIpc) is 2.49. The van der Waals surface area contributed by atoms with Crippen molar-refractivity contribution in [1.82, 2.24) is 5.32 Å². The number of amides is 1. The van der Waals surface area contributed by atoms with E-state index in [1.165, 1.54) is 12.1 Å². The zero-order valence-electron chi connectivity index (χ0n) is 11.9. The van der Waals surface area contributed by atoms with Crippen molar-refractivity contribution in [2.24, 2.45) is 0 Å². The molecule has 0 aliphatic heterocycles. The molecule has 0 atom stereocenters. The highest BCUT2D eigenvalue weighted by atomic mass is 19.1. The number of para-hydroxylation sites is 1. The molecule has 0 spiro atoms. The lowest BCUT2D eigenvalue weighted by Gasteiger charge is -2.10. The Morgan fingerprint density at radius 2 is 2.05 bits per heavy atom. The highest BCUT2D eigenvalue weighted by Gasteiger charge is 2.11. The molecule has 0 radical (unpaired) electrons. The first-order valence-electron chi connectivity index (χ1n) is 6.48. The molecule has 2 aromatic rings. The molecule has 0 saturated heterocycles. The van der Waals surface area contributed by atoms with Crippen molar-refractivity contribution in [2.75, 3.05) is 12.8 Å². The van der Waals surface area contributed by atoms with Crippen LogP contribution in [0.25, 0.3) is 0 Å². The summed E-state index contributed by atoms with van der Waals surface area (Å²) < 4.78 is 18.8. The second-order valence-corrected chi connectivity index (χ2v) is 4.67. The monoisotopic (exact) mass is 288 g/mol. The average molecular weight is 288 g/mol. The topological polar surface area (TPSA) is 64.3 Å². The molecule has 2 aromatic carbocycles. The third-order valence-corrected chi connectivity index (χ3v) is 3.28. The van der Waals surface area contributed by atoms with Gasteiger partial charge in [-0.05, 0) is 25.1 Å². The molecular weight excluding hydrogens is 271 g/mol. The van der Waals surface area contributed by atoms with Crippen LogP contribution >= 0.6 is 0 Å². The van der Waals surface area contributed by atoms with Crippen LogP contribution in [0.3, 0.4) is 0 Å². The van der Waals surface area contributed by atoms with Crippen LogP contribution in [-0.2, 0) is 6.54 Å². The van der Waals surface area contributed by atoms with E-state index in [1.807, 2.05) is 24.3 Å². The largest absolute Gasteiger partial charge is 0.496 e. The summed E-state index contributed by atoms with van der Waals surface area (Å²) in [5, 5.41) is 2.72. The van der Waals surface area contributed by atoms with Gasteiger partial charge < -0.3 is 15.8 Å². The first-order valence-corrected chi connectivity index (χ1v) is 6.48. The number of benzene rings is 2. The first-order chi connectivity index (χ1) is 10.0. The minimum absolute atomic E-state index is 0.200. The summed E-state index contributed by atoms with van der Waals surface area (Å²) in [4.78, 5) is 12.1. The van der Waals surface area contributed by atoms with Gasteiger partial charge in [0.2, 0.25) is 0 Å². The molecule has 3 N–H and O–H groups in total. The smallest absolute Gasteiger partial charge is 0.251 e. The van der Waals surface area contributed by atoms with E-state index >= 15 is 0 Å². The normalized spacial score (nSPS) is 10.2. The molecule has 2 rings (SSSR count). The number of ether oxygens (including phenoxy) is 1. The van der Waals surface area contributed by atoms with E-state index in [1.54, 1.807) is 14.0 Å². The highest BCUT2D eigenvalue weighted by molar-refractivity contribution is 5.95. The van der Waals surface area contributed by atoms with Crippen molar-refractivity contribution in [3.8, 4) is 5.75 Å². The second-order valence-electron chi connectivity index (χ2n) is 4.67. The van der Waals surface area contributed by atoms with Gasteiger partial charge in [0.15, 0.2) is 0 Å². The van der Waals surface area contributed by atoms with E-state index in [4.69, 9.17) is 10.5 Å². The predicted octanol–water partition coefficient (Wildman–Crippen LogP) is 2.65. The van der Waals surface area contributed by atoms with Crippen LogP contribution in [-0.4, -0.2) is 13.0 Å². The van der Waals surface area contributed by atoms with E-state index in [9.17, 15) is 9.18 Å². The van der Waals surface area contributed by atoms with Crippen LogP contribution < -0.4 is 15.8 Å². The molecule has 0 fully saturated rings. The van der Waals surface area contributed by atoms with Crippen LogP contribution in [0, 0.1) is 12.7 Å². The number of carbonyl (C=O) groups excluding carboxylic acids is 1. The maximum atomic E-state index is 13.6. The molecular formula is C16H17FN2O2. The lowest BCUT2D eigenvalue weighted by molar-refractivity contribution is 0.0950. The van der Waals surface area contributed by atoms with E-state index in [2.05, 4.69) is 5.32 Å². The zero-order valence-corrected chi connectivity index (χ0v) is 11.9. The van der Waals surface area contributed by atoms with Gasteiger partial charge in [-0.2, -0.15) is 0 Å². The van der Waals surface area contributed by atoms with E-state index < -0.39 is 5.82 Å². The number of nitrogen functional groups attached to an aromatic ring is 1. The fourth-order valence-electron chi connectivity index (χ4n) is 1.96. The van der Waals surface area contributed by atoms with Gasteiger partial charge in [0.1, 0.15) is 11.6 Å². The van der Waals surface area contributed by atoms with Gasteiger partial charge in [-0.15, -0.1) is 0 Å². The van der Waals surface area contributed by atoms with Gasteiger partial charge in [0, 0.05) is 28.9 Å². The van der Waals surface area contributed by atoms with Gasteiger partial charge in [0.25, 0.3) is 5.91 Å². The summed E-state index contributed by atoms with van der Waals surface area (Å²) in [6.45, 7) is 1.86. The molecule has 5 heteroatoms. The van der Waals surface area contributed by atoms with Crippen molar-refractivity contribution in [2.45, 2.75) is 13.5 Å². The minimum Gasteiger partial charge on any atom is -0.496 e. The molecule has 0 bridgehead atoms. The fourth-order valence-corrected chi connectivity index (χ4v) is 1.96. The standard InChI is InChI=1S/C16H17FN2O2/c1-10-13(17)7-12(8-14(10)18)16(20)19-9-11-5-3-4-6-15(11)21-2/h3-8H,9,18H2,1-2H3,(H,19,20). The molecule has 0 aliphatic carbocycles. The van der Waals surface area contributed by atoms with Crippen molar-refractivity contribution in [3.63, 3.8) is 0 Å². The summed E-state index contributed by atoms with van der Waals surface area (Å²) in [6, 6.07) is 10.0. The number of rotatable bonds is 4. The van der Waals surface area contributed by atoms with Crippen molar-refractivity contribution < 1.29 is 13.9 Å². The molecule has 0 aliphatic rings. The molecule has 0 saturated carbocycles. The molecule has 0 unspecified atom stereocenters. The maximum absolute atomic E-state index is 13.6. The number of halogens is 1. The predicted molar refractivity (Wildman–Crippen MR) is 79.7 cm³/mol. The summed E-state index contributed by atoms with van der Waals surface area (Å²) >= 11 is 0. The van der Waals surface area contributed by atoms with Crippen LogP contribution in [0.15, 0.2) is 36.4 Å². The molecule has 21 heavy (non-hydrogen) atoms. The Morgan fingerprint density at radius 1 is 1.33 bits per heavy atom. The van der Waals surface area contributed by atoms with Gasteiger partial charge in [-0.25, -0.2) is 4.39 Å². The number of nitrogens with two attached hydrogens (primary N) is 1. The maximum Gasteiger partial charge on any atom is 0.251 e. The van der Waals surface area contributed by atoms with Crippen molar-refractivity contribution in [3.05, 3.63) is 58.9 Å². The Hall–Kier alpha value is -2.56.